The Hall–Kier alpha value is -10.2. The van der Waals surface area contributed by atoms with Crippen molar-refractivity contribution in [2.75, 3.05) is 37.8 Å². The number of anilines is 2. The molecule has 0 spiro atoms. The number of pyridine rings is 2. The molecule has 8 heterocycles. The highest BCUT2D eigenvalue weighted by atomic mass is 79.9. The number of carbonyl (C=O) groups is 8. The van der Waals surface area contributed by atoms with Crippen LogP contribution in [0.5, 0.6) is 5.75 Å². The first-order chi connectivity index (χ1) is 45.8. The molecule has 29 nitrogen and oxygen atoms in total. The summed E-state index contributed by atoms with van der Waals surface area (Å²) in [5.74, 6) is -1.39. The van der Waals surface area contributed by atoms with Crippen molar-refractivity contribution in [3.63, 3.8) is 0 Å². The van der Waals surface area contributed by atoms with E-state index in [-0.39, 0.29) is 125 Å². The molecular formula is C63H61Br2ClF2N16O13S. The highest BCUT2D eigenvalue weighted by Crippen LogP contribution is 2.31. The molecule has 6 aromatic heterocycles. The number of aliphatic hydroxyl groups is 1. The second-order valence-corrected chi connectivity index (χ2v) is 23.5. The van der Waals surface area contributed by atoms with Gasteiger partial charge in [-0.3, -0.25) is 48.2 Å². The lowest BCUT2D eigenvalue weighted by molar-refractivity contribution is -0.384. The van der Waals surface area contributed by atoms with Crippen molar-refractivity contribution in [2.24, 2.45) is 0 Å². The molecule has 0 unspecified atom stereocenters. The number of nitro groups is 1. The van der Waals surface area contributed by atoms with Crippen LogP contribution < -0.4 is 15.4 Å². The van der Waals surface area contributed by atoms with Gasteiger partial charge in [0, 0.05) is 111 Å². The maximum Gasteiger partial charge on any atom is 0.409 e. The summed E-state index contributed by atoms with van der Waals surface area (Å²) in [5.41, 5.74) is 3.05. The molecule has 5 amide bonds. The fraction of sp³-hybridized carbons (Fsp3) is 0.270. The number of likely N-dealkylation sites (tertiary alicyclic amines) is 2. The van der Waals surface area contributed by atoms with Crippen LogP contribution in [0.25, 0.3) is 44.1 Å². The summed E-state index contributed by atoms with van der Waals surface area (Å²) in [6.07, 6.45) is 2.76. The van der Waals surface area contributed by atoms with Gasteiger partial charge in [0.25, 0.3) is 5.69 Å². The van der Waals surface area contributed by atoms with Crippen molar-refractivity contribution in [2.45, 2.75) is 84.8 Å². The SMILES string of the molecule is C.CC(=O)c1nn(CC(=O)N2C[C@H](F)C[C@H]2C(=O)Nc2cccc(Br)n2)c2ccc(-c3cnc(CO)nc3)cc12.CC(=O)c1nn(CC(=O)N2C[C@H](F)C[C@H]2C(=O)Nc2cccc(Br)n2)c2ccc(-c3cnc(COC(=O)N(C)C)nc3)cc12.O=C(Cl)Oc1ccc([N+](=O)[O-])cc1.S. The molecule has 2 fully saturated rings. The molecule has 35 heteroatoms. The normalized spacial score (nSPS) is 15.2. The fourth-order valence-electron chi connectivity index (χ4n) is 10.1. The van der Waals surface area contributed by atoms with Gasteiger partial charge < -0.3 is 39.9 Å². The summed E-state index contributed by atoms with van der Waals surface area (Å²) in [5, 5.41) is 34.5. The number of halogens is 5. The molecule has 3 aromatic carbocycles. The Labute approximate surface area is 585 Å². The number of rotatable bonds is 17. The van der Waals surface area contributed by atoms with Gasteiger partial charge in [0.1, 0.15) is 82.1 Å². The van der Waals surface area contributed by atoms with Gasteiger partial charge in [-0.1, -0.05) is 31.7 Å². The second-order valence-electron chi connectivity index (χ2n) is 21.5. The monoisotopic (exact) mass is 1510 g/mol. The van der Waals surface area contributed by atoms with E-state index in [9.17, 15) is 62.4 Å². The Bertz CT molecular complexity index is 4460. The zero-order valence-corrected chi connectivity index (χ0v) is 56.4. The number of ketones is 2. The van der Waals surface area contributed by atoms with Crippen molar-refractivity contribution in [1.29, 1.82) is 0 Å². The number of non-ortho nitro benzene ring substituents is 1. The van der Waals surface area contributed by atoms with Gasteiger partial charge in [0.15, 0.2) is 29.8 Å². The minimum Gasteiger partial charge on any atom is -0.441 e. The average Bonchev–Trinajstić information content (AvgIpc) is 1.62. The molecule has 512 valence electrons. The van der Waals surface area contributed by atoms with Crippen LogP contribution in [0.3, 0.4) is 0 Å². The van der Waals surface area contributed by atoms with Crippen molar-refractivity contribution in [1.82, 2.24) is 64.2 Å². The number of nitrogens with one attached hydrogen (secondary N) is 2. The molecule has 3 N–H and O–H groups in total. The Balaban J connectivity index is 0.000000230. The first-order valence-corrected chi connectivity index (χ1v) is 30.8. The number of hydrogen-bond acceptors (Lipinski definition) is 21. The lowest BCUT2D eigenvalue weighted by Crippen LogP contribution is -2.44. The van der Waals surface area contributed by atoms with Crippen molar-refractivity contribution in [3.05, 3.63) is 164 Å². The van der Waals surface area contributed by atoms with Crippen LogP contribution in [0.15, 0.2) is 131 Å². The topological polar surface area (TPSA) is 365 Å². The predicted octanol–water partition coefficient (Wildman–Crippen LogP) is 9.63. The highest BCUT2D eigenvalue weighted by molar-refractivity contribution is 9.10. The van der Waals surface area contributed by atoms with E-state index in [1.54, 1.807) is 112 Å². The van der Waals surface area contributed by atoms with Gasteiger partial charge in [-0.05, 0) is 104 Å². The van der Waals surface area contributed by atoms with Crippen molar-refractivity contribution >= 4 is 143 Å². The molecule has 2 saturated heterocycles. The predicted molar refractivity (Wildman–Crippen MR) is 365 cm³/mol. The number of aliphatic hydroxyl groups excluding tert-OH is 1. The Morgan fingerprint density at radius 2 is 1.09 bits per heavy atom. The number of carbonyl (C=O) groups excluding carboxylic acids is 8. The number of hydrogen-bond donors (Lipinski definition) is 3. The largest absolute Gasteiger partial charge is 0.441 e. The van der Waals surface area contributed by atoms with Crippen LogP contribution in [0.2, 0.25) is 0 Å². The number of nitrogens with zero attached hydrogens (tertiary/aromatic N) is 14. The van der Waals surface area contributed by atoms with Gasteiger partial charge in [-0.2, -0.15) is 23.7 Å². The van der Waals surface area contributed by atoms with Gasteiger partial charge in [-0.25, -0.2) is 48.3 Å². The Kier molecular flexibility index (Phi) is 25.9. The maximum atomic E-state index is 14.5. The van der Waals surface area contributed by atoms with Crippen molar-refractivity contribution in [3.8, 4) is 28.0 Å². The van der Waals surface area contributed by atoms with Crippen LogP contribution in [-0.4, -0.2) is 173 Å². The maximum absolute atomic E-state index is 14.5. The molecule has 2 aliphatic heterocycles. The number of benzene rings is 3. The fourth-order valence-corrected chi connectivity index (χ4v) is 10.8. The van der Waals surface area contributed by atoms with Gasteiger partial charge in [-0.15, -0.1) is 0 Å². The zero-order valence-electron chi connectivity index (χ0n) is 51.5. The van der Waals surface area contributed by atoms with E-state index in [4.69, 9.17) is 16.3 Å². The lowest BCUT2D eigenvalue weighted by atomic mass is 10.0. The first-order valence-electron chi connectivity index (χ1n) is 28.8. The molecule has 0 radical (unpaired) electrons. The molecule has 2 aliphatic rings. The van der Waals surface area contributed by atoms with Crippen molar-refractivity contribution < 1.29 is 66.6 Å². The third-order valence-corrected chi connectivity index (χ3v) is 15.5. The molecule has 98 heavy (non-hydrogen) atoms. The van der Waals surface area contributed by atoms with Gasteiger partial charge in [0.2, 0.25) is 23.6 Å². The quantitative estimate of drug-likeness (QED) is 0.0251. The minimum absolute atomic E-state index is 0. The standard InChI is InChI=1S/C29H28BrFN8O5.C26H23BrFN7O4.C7H4ClNO4.CH4.H2S/c1-16(40)27-20-9-17(18-11-32-25(33-12-18)15-44-29(43)37(2)3)7-8-21(20)39(36-27)14-26(41)38-13-19(31)10-22(38)28(42)35-24-6-4-5-23(30)34-24;1-14(37)25-18-7-15(16-9-29-23(13-36)30-10-16)5-6-19(18)35(33-25)12-24(38)34-11-17(28)8-20(34)26(39)32-22-4-2-3-21(27)31-22;8-7(10)13-6-3-1-5(2-4-6)9(11)12;;/h4-9,11-12,19,22H,10,13-15H2,1-3H3,(H,34,35,42);2-7,9-10,17,20,36H,8,11-13H2,1H3,(H,31,32,39);1-4H;1H4;1H2/t19-,22+;17-,20+;;;/m11.../s1. The molecule has 0 bridgehead atoms. The van der Waals surface area contributed by atoms with E-state index in [1.807, 2.05) is 0 Å². The van der Waals surface area contributed by atoms with Gasteiger partial charge in [0.05, 0.1) is 29.0 Å². The number of alkyl halides is 2. The zero-order chi connectivity index (χ0) is 69.1. The number of nitro benzene ring substituents is 1. The van der Waals surface area contributed by atoms with E-state index in [2.05, 4.69) is 87.3 Å². The lowest BCUT2D eigenvalue weighted by Gasteiger charge is -2.23. The number of fused-ring (bicyclic) bond motifs is 2. The summed E-state index contributed by atoms with van der Waals surface area (Å²) >= 11 is 11.4. The molecular weight excluding hydrogens is 1450 g/mol. The Morgan fingerprint density at radius 3 is 1.47 bits per heavy atom. The first kappa shape index (κ1) is 75.2. The second kappa shape index (κ2) is 33.7. The summed E-state index contributed by atoms with van der Waals surface area (Å²) in [6.45, 7) is 1.32. The summed E-state index contributed by atoms with van der Waals surface area (Å²) in [4.78, 5) is 138. The van der Waals surface area contributed by atoms with Crippen LogP contribution in [-0.2, 0) is 50.2 Å². The van der Waals surface area contributed by atoms with Crippen LogP contribution in [0.4, 0.5) is 35.7 Å². The van der Waals surface area contributed by atoms with E-state index in [0.717, 1.165) is 5.56 Å². The Morgan fingerprint density at radius 1 is 0.663 bits per heavy atom. The highest BCUT2D eigenvalue weighted by Gasteiger charge is 2.42. The summed E-state index contributed by atoms with van der Waals surface area (Å²) < 4.78 is 42.3. The van der Waals surface area contributed by atoms with Crippen LogP contribution in [0, 0.1) is 10.1 Å². The molecule has 4 atom stereocenters. The van der Waals surface area contributed by atoms with Crippen LogP contribution in [0.1, 0.15) is 66.7 Å². The number of ether oxygens (including phenoxy) is 2. The average molecular weight is 1520 g/mol. The smallest absolute Gasteiger partial charge is 0.409 e. The summed E-state index contributed by atoms with van der Waals surface area (Å²) in [7, 11) is 3.14. The number of amides is 5. The minimum atomic E-state index is -1.37. The molecule has 0 aliphatic carbocycles. The third kappa shape index (κ3) is 18.9. The van der Waals surface area contributed by atoms with E-state index < -0.39 is 64.5 Å². The van der Waals surface area contributed by atoms with E-state index >= 15 is 0 Å². The third-order valence-electron chi connectivity index (χ3n) is 14.6. The van der Waals surface area contributed by atoms with E-state index in [0.29, 0.717) is 53.5 Å². The summed E-state index contributed by atoms with van der Waals surface area (Å²) in [6, 6.07) is 23.4. The molecule has 11 rings (SSSR count). The van der Waals surface area contributed by atoms with Gasteiger partial charge >= 0.3 is 11.5 Å². The number of aromatic nitrogens is 10. The molecule has 0 saturated carbocycles. The number of Topliss-reactive ketones (excluding diaryl/α,β-unsaturated/α-hetero) is 2. The van der Waals surface area contributed by atoms with Crippen LogP contribution >= 0.6 is 57.0 Å². The van der Waals surface area contributed by atoms with E-state index in [1.165, 1.54) is 62.2 Å². The molecule has 9 aromatic rings.